The number of oxazole rings is 1. The molecule has 2 N–H and O–H groups in total. The lowest BCUT2D eigenvalue weighted by molar-refractivity contribution is -0.137. The smallest absolute Gasteiger partial charge is 0.303 e. The van der Waals surface area contributed by atoms with Crippen molar-refractivity contribution in [3.8, 4) is 10.8 Å². The van der Waals surface area contributed by atoms with Crippen molar-refractivity contribution in [2.24, 2.45) is 0 Å². The van der Waals surface area contributed by atoms with Crippen LogP contribution >= 0.6 is 11.3 Å². The number of aliphatic carboxylic acids is 1. The number of hydrogen-bond donors (Lipinski definition) is 2. The highest BCUT2D eigenvalue weighted by Gasteiger charge is 2.16. The summed E-state index contributed by atoms with van der Waals surface area (Å²) in [6.45, 7) is 3.56. The van der Waals surface area contributed by atoms with Gasteiger partial charge in [-0.2, -0.15) is 0 Å². The van der Waals surface area contributed by atoms with Gasteiger partial charge in [0.1, 0.15) is 5.76 Å². The lowest BCUT2D eigenvalue weighted by Crippen LogP contribution is -2.34. The molecule has 118 valence electrons. The maximum absolute atomic E-state index is 12.0. The molecule has 0 aliphatic rings. The summed E-state index contributed by atoms with van der Waals surface area (Å²) in [6.07, 6.45) is 0.560. The molecule has 2 rings (SSSR count). The Bertz CT molecular complexity index is 649. The van der Waals surface area contributed by atoms with E-state index < -0.39 is 5.97 Å². The minimum Gasteiger partial charge on any atom is -0.481 e. The first kappa shape index (κ1) is 16.2. The molecule has 0 saturated carbocycles. The molecule has 1 atom stereocenters. The number of nitrogens with one attached hydrogen (secondary N) is 1. The largest absolute Gasteiger partial charge is 0.481 e. The second-order valence-electron chi connectivity index (χ2n) is 5.08. The van der Waals surface area contributed by atoms with E-state index in [0.717, 1.165) is 4.88 Å². The maximum atomic E-state index is 12.0. The zero-order valence-electron chi connectivity index (χ0n) is 12.5. The SMILES string of the molecule is Cc1oc(-c2cccs2)nc1CC(=O)NC(C)CCC(=O)O. The zero-order valence-corrected chi connectivity index (χ0v) is 13.3. The first-order chi connectivity index (χ1) is 10.5. The summed E-state index contributed by atoms with van der Waals surface area (Å²) in [5.41, 5.74) is 0.603. The van der Waals surface area contributed by atoms with Crippen LogP contribution in [0.25, 0.3) is 10.8 Å². The summed E-state index contributed by atoms with van der Waals surface area (Å²) in [4.78, 5) is 27.8. The van der Waals surface area contributed by atoms with Gasteiger partial charge in [0, 0.05) is 12.5 Å². The third-order valence-corrected chi connectivity index (χ3v) is 4.01. The number of carboxylic acids is 1. The van der Waals surface area contributed by atoms with Crippen molar-refractivity contribution in [3.05, 3.63) is 29.0 Å². The molecule has 0 aliphatic heterocycles. The quantitative estimate of drug-likeness (QED) is 0.817. The third-order valence-electron chi connectivity index (χ3n) is 3.15. The van der Waals surface area contributed by atoms with E-state index in [1.54, 1.807) is 13.8 Å². The van der Waals surface area contributed by atoms with Crippen LogP contribution in [0, 0.1) is 6.92 Å². The van der Waals surface area contributed by atoms with Gasteiger partial charge in [0.15, 0.2) is 0 Å². The Morgan fingerprint density at radius 3 is 2.91 bits per heavy atom. The molecule has 0 fully saturated rings. The number of carbonyl (C=O) groups is 2. The van der Waals surface area contributed by atoms with Crippen molar-refractivity contribution in [2.45, 2.75) is 39.2 Å². The van der Waals surface area contributed by atoms with E-state index in [-0.39, 0.29) is 24.8 Å². The molecule has 2 aromatic heterocycles. The van der Waals surface area contributed by atoms with Crippen LogP contribution in [0.5, 0.6) is 0 Å². The van der Waals surface area contributed by atoms with Crippen LogP contribution in [0.2, 0.25) is 0 Å². The molecule has 0 spiro atoms. The lowest BCUT2D eigenvalue weighted by atomic mass is 10.1. The van der Waals surface area contributed by atoms with Crippen LogP contribution < -0.4 is 5.32 Å². The molecule has 0 bridgehead atoms. The fraction of sp³-hybridized carbons (Fsp3) is 0.400. The van der Waals surface area contributed by atoms with E-state index in [0.29, 0.717) is 23.8 Å². The van der Waals surface area contributed by atoms with E-state index in [4.69, 9.17) is 9.52 Å². The number of carbonyl (C=O) groups excluding carboxylic acids is 1. The zero-order chi connectivity index (χ0) is 16.1. The summed E-state index contributed by atoms with van der Waals surface area (Å²) in [5, 5.41) is 13.3. The molecule has 2 heterocycles. The third kappa shape index (κ3) is 4.42. The van der Waals surface area contributed by atoms with Crippen molar-refractivity contribution in [1.82, 2.24) is 10.3 Å². The first-order valence-corrected chi connectivity index (χ1v) is 7.85. The number of thiophene rings is 1. The molecule has 0 saturated heterocycles. The van der Waals surface area contributed by atoms with Crippen molar-refractivity contribution >= 4 is 23.2 Å². The Balaban J connectivity index is 1.93. The van der Waals surface area contributed by atoms with Crippen LogP contribution in [0.3, 0.4) is 0 Å². The highest BCUT2D eigenvalue weighted by atomic mass is 32.1. The monoisotopic (exact) mass is 322 g/mol. The van der Waals surface area contributed by atoms with Crippen LogP contribution in [0.15, 0.2) is 21.9 Å². The van der Waals surface area contributed by atoms with Gasteiger partial charge in [0.05, 0.1) is 17.0 Å². The predicted molar refractivity (Wildman–Crippen MR) is 82.7 cm³/mol. The van der Waals surface area contributed by atoms with E-state index >= 15 is 0 Å². The maximum Gasteiger partial charge on any atom is 0.303 e. The molecule has 6 nitrogen and oxygen atoms in total. The molecule has 1 amide bonds. The number of amides is 1. The average molecular weight is 322 g/mol. The summed E-state index contributed by atoms with van der Waals surface area (Å²) >= 11 is 1.52. The van der Waals surface area contributed by atoms with E-state index in [9.17, 15) is 9.59 Å². The number of aromatic nitrogens is 1. The number of hydrogen-bond acceptors (Lipinski definition) is 5. The first-order valence-electron chi connectivity index (χ1n) is 6.97. The Labute approximate surface area is 132 Å². The predicted octanol–water partition coefficient (Wildman–Crippen LogP) is 2.62. The van der Waals surface area contributed by atoms with Gasteiger partial charge in [-0.3, -0.25) is 9.59 Å². The molecular weight excluding hydrogens is 304 g/mol. The van der Waals surface area contributed by atoms with Crippen LogP contribution in [-0.2, 0) is 16.0 Å². The van der Waals surface area contributed by atoms with Gasteiger partial charge < -0.3 is 14.8 Å². The van der Waals surface area contributed by atoms with Gasteiger partial charge in [-0.05, 0) is 31.7 Å². The molecule has 0 aromatic carbocycles. The Kier molecular flexibility index (Phi) is 5.32. The topological polar surface area (TPSA) is 92.4 Å². The van der Waals surface area contributed by atoms with Gasteiger partial charge in [0.2, 0.25) is 11.8 Å². The molecule has 2 aromatic rings. The molecule has 22 heavy (non-hydrogen) atoms. The Morgan fingerprint density at radius 2 is 2.27 bits per heavy atom. The number of carboxylic acid groups (broad SMARTS) is 1. The number of aryl methyl sites for hydroxylation is 1. The summed E-state index contributed by atoms with van der Waals surface area (Å²) in [5.74, 6) is 0.0898. The highest BCUT2D eigenvalue weighted by Crippen LogP contribution is 2.26. The molecule has 0 aliphatic carbocycles. The van der Waals surface area contributed by atoms with Crippen molar-refractivity contribution in [2.75, 3.05) is 0 Å². The highest BCUT2D eigenvalue weighted by molar-refractivity contribution is 7.13. The van der Waals surface area contributed by atoms with E-state index in [2.05, 4.69) is 10.3 Å². The fourth-order valence-corrected chi connectivity index (χ4v) is 2.64. The average Bonchev–Trinajstić information content (AvgIpc) is 3.07. The molecular formula is C15H18N2O4S. The molecule has 7 heteroatoms. The van der Waals surface area contributed by atoms with Crippen molar-refractivity contribution in [3.63, 3.8) is 0 Å². The van der Waals surface area contributed by atoms with Crippen LogP contribution in [0.1, 0.15) is 31.2 Å². The van der Waals surface area contributed by atoms with Gasteiger partial charge >= 0.3 is 5.97 Å². The Hall–Kier alpha value is -2.15. The number of rotatable bonds is 7. The normalized spacial score (nSPS) is 12.1. The summed E-state index contributed by atoms with van der Waals surface area (Å²) < 4.78 is 5.59. The van der Waals surface area contributed by atoms with Gasteiger partial charge in [-0.25, -0.2) is 4.98 Å². The standard InChI is InChI=1S/C15H18N2O4S/c1-9(5-6-14(19)20)16-13(18)8-11-10(2)21-15(17-11)12-4-3-7-22-12/h3-4,7,9H,5-6,8H2,1-2H3,(H,16,18)(H,19,20). The minimum atomic E-state index is -0.867. The Morgan fingerprint density at radius 1 is 1.50 bits per heavy atom. The molecule has 1 unspecified atom stereocenters. The second-order valence-corrected chi connectivity index (χ2v) is 6.02. The fourth-order valence-electron chi connectivity index (χ4n) is 1.99. The lowest BCUT2D eigenvalue weighted by Gasteiger charge is -2.12. The van der Waals surface area contributed by atoms with E-state index in [1.165, 1.54) is 11.3 Å². The van der Waals surface area contributed by atoms with Crippen molar-refractivity contribution in [1.29, 1.82) is 0 Å². The van der Waals surface area contributed by atoms with E-state index in [1.807, 2.05) is 17.5 Å². The summed E-state index contributed by atoms with van der Waals surface area (Å²) in [6, 6.07) is 3.64. The minimum absolute atomic E-state index is 0.0347. The van der Waals surface area contributed by atoms with Crippen LogP contribution in [-0.4, -0.2) is 28.0 Å². The summed E-state index contributed by atoms with van der Waals surface area (Å²) in [7, 11) is 0. The second kappa shape index (κ2) is 7.22. The van der Waals surface area contributed by atoms with Gasteiger partial charge in [0.25, 0.3) is 0 Å². The van der Waals surface area contributed by atoms with Crippen LogP contribution in [0.4, 0.5) is 0 Å². The van der Waals surface area contributed by atoms with Gasteiger partial charge in [-0.1, -0.05) is 6.07 Å². The number of nitrogens with zero attached hydrogens (tertiary/aromatic N) is 1. The van der Waals surface area contributed by atoms with Gasteiger partial charge in [-0.15, -0.1) is 11.3 Å². The molecule has 0 radical (unpaired) electrons. The van der Waals surface area contributed by atoms with Crippen molar-refractivity contribution < 1.29 is 19.1 Å².